The van der Waals surface area contributed by atoms with Crippen LogP contribution in [0, 0.1) is 11.3 Å². The molecule has 1 saturated heterocycles. The molecule has 2 aromatic carbocycles. The summed E-state index contributed by atoms with van der Waals surface area (Å²) in [5.74, 6) is -0.0366. The summed E-state index contributed by atoms with van der Waals surface area (Å²) >= 11 is 0. The average Bonchev–Trinajstić information content (AvgIpc) is 3.14. The molecule has 1 fully saturated rings. The fourth-order valence-electron chi connectivity index (χ4n) is 5.62. The standard InChI is InChI=1S/C27H35N3O2/c1-4-24(31)29-25-22-13-9-8-12-21(22)14-15-27(25)18-30(16-20-10-6-5-7-11-20)17-23(27)26(32)28-19(2)3/h5-13,19,23,25H,4,14-18H2,1-3H3,(H,28,32)(H,29,31)/t23-,25-,27-/m1/s1. The van der Waals surface area contributed by atoms with Crippen LogP contribution in [-0.2, 0) is 22.6 Å². The molecule has 1 heterocycles. The van der Waals surface area contributed by atoms with Gasteiger partial charge in [0.05, 0.1) is 12.0 Å². The Bertz CT molecular complexity index is 958. The lowest BCUT2D eigenvalue weighted by molar-refractivity contribution is -0.131. The van der Waals surface area contributed by atoms with Gasteiger partial charge >= 0.3 is 0 Å². The quantitative estimate of drug-likeness (QED) is 0.728. The van der Waals surface area contributed by atoms with Crippen LogP contribution in [0.5, 0.6) is 0 Å². The second-order valence-corrected chi connectivity index (χ2v) is 9.66. The van der Waals surface area contributed by atoms with Crippen molar-refractivity contribution in [3.05, 3.63) is 71.3 Å². The molecule has 0 saturated carbocycles. The summed E-state index contributed by atoms with van der Waals surface area (Å²) < 4.78 is 0. The van der Waals surface area contributed by atoms with Gasteiger partial charge in [-0.1, -0.05) is 61.5 Å². The average molecular weight is 434 g/mol. The molecular formula is C27H35N3O2. The zero-order valence-corrected chi connectivity index (χ0v) is 19.4. The maximum atomic E-state index is 13.5. The molecule has 4 rings (SSSR count). The number of rotatable bonds is 6. The van der Waals surface area contributed by atoms with Crippen molar-refractivity contribution in [2.24, 2.45) is 11.3 Å². The molecule has 5 nitrogen and oxygen atoms in total. The summed E-state index contributed by atoms with van der Waals surface area (Å²) in [4.78, 5) is 28.5. The number of nitrogens with zero attached hydrogens (tertiary/aromatic N) is 1. The van der Waals surface area contributed by atoms with Crippen LogP contribution in [0.4, 0.5) is 0 Å². The smallest absolute Gasteiger partial charge is 0.225 e. The van der Waals surface area contributed by atoms with Crippen LogP contribution in [-0.4, -0.2) is 35.8 Å². The van der Waals surface area contributed by atoms with E-state index in [2.05, 4.69) is 58.0 Å². The molecule has 5 heteroatoms. The van der Waals surface area contributed by atoms with Gasteiger partial charge in [-0.3, -0.25) is 14.5 Å². The number of fused-ring (bicyclic) bond motifs is 1. The number of amides is 2. The number of hydrogen-bond acceptors (Lipinski definition) is 3. The highest BCUT2D eigenvalue weighted by Gasteiger charge is 2.56. The summed E-state index contributed by atoms with van der Waals surface area (Å²) in [6.45, 7) is 8.21. The van der Waals surface area contributed by atoms with Crippen molar-refractivity contribution in [1.82, 2.24) is 15.5 Å². The lowest BCUT2D eigenvalue weighted by atomic mass is 9.62. The topological polar surface area (TPSA) is 61.4 Å². The Kier molecular flexibility index (Phi) is 6.66. The first-order chi connectivity index (χ1) is 15.4. The maximum Gasteiger partial charge on any atom is 0.225 e. The molecule has 2 aliphatic rings. The van der Waals surface area contributed by atoms with Crippen molar-refractivity contribution >= 4 is 11.8 Å². The molecule has 1 aliphatic carbocycles. The highest BCUT2D eigenvalue weighted by molar-refractivity contribution is 5.81. The van der Waals surface area contributed by atoms with E-state index in [-0.39, 0.29) is 35.2 Å². The number of carbonyl (C=O) groups excluding carboxylic acids is 2. The molecule has 170 valence electrons. The van der Waals surface area contributed by atoms with Crippen LogP contribution in [0.2, 0.25) is 0 Å². The number of carbonyl (C=O) groups is 2. The van der Waals surface area contributed by atoms with E-state index in [9.17, 15) is 9.59 Å². The predicted octanol–water partition coefficient (Wildman–Crippen LogP) is 3.84. The Morgan fingerprint density at radius 1 is 1.09 bits per heavy atom. The molecule has 1 aliphatic heterocycles. The molecule has 0 aromatic heterocycles. The number of benzene rings is 2. The highest BCUT2D eigenvalue weighted by atomic mass is 16.2. The minimum Gasteiger partial charge on any atom is -0.354 e. The van der Waals surface area contributed by atoms with Crippen LogP contribution < -0.4 is 10.6 Å². The van der Waals surface area contributed by atoms with Crippen LogP contribution >= 0.6 is 0 Å². The van der Waals surface area contributed by atoms with Gasteiger partial charge in [0.25, 0.3) is 0 Å². The molecule has 2 N–H and O–H groups in total. The summed E-state index contributed by atoms with van der Waals surface area (Å²) in [5.41, 5.74) is 3.37. The maximum absolute atomic E-state index is 13.5. The first kappa shape index (κ1) is 22.5. The van der Waals surface area contributed by atoms with Gasteiger partial charge in [-0.25, -0.2) is 0 Å². The fraction of sp³-hybridized carbons (Fsp3) is 0.481. The SMILES string of the molecule is CCC(=O)N[C@@H]1c2ccccc2CC[C@]12CN(Cc1ccccc1)C[C@@H]2C(=O)NC(C)C. The lowest BCUT2D eigenvalue weighted by Crippen LogP contribution is -2.52. The third kappa shape index (κ3) is 4.44. The van der Waals surface area contributed by atoms with Crippen LogP contribution in [0.15, 0.2) is 54.6 Å². The monoisotopic (exact) mass is 433 g/mol. The second-order valence-electron chi connectivity index (χ2n) is 9.66. The van der Waals surface area contributed by atoms with Crippen molar-refractivity contribution < 1.29 is 9.59 Å². The third-order valence-electron chi connectivity index (χ3n) is 7.08. The van der Waals surface area contributed by atoms with E-state index in [4.69, 9.17) is 0 Å². The molecule has 3 atom stereocenters. The zero-order valence-electron chi connectivity index (χ0n) is 19.4. The first-order valence-corrected chi connectivity index (χ1v) is 11.9. The van der Waals surface area contributed by atoms with Gasteiger partial charge in [0.15, 0.2) is 0 Å². The number of hydrogen-bond donors (Lipinski definition) is 2. The van der Waals surface area contributed by atoms with Gasteiger partial charge in [-0.15, -0.1) is 0 Å². The molecule has 32 heavy (non-hydrogen) atoms. The van der Waals surface area contributed by atoms with E-state index in [0.29, 0.717) is 13.0 Å². The molecule has 2 amide bonds. The predicted molar refractivity (Wildman–Crippen MR) is 127 cm³/mol. The minimum absolute atomic E-state index is 0.0376. The molecule has 0 unspecified atom stereocenters. The fourth-order valence-corrected chi connectivity index (χ4v) is 5.62. The van der Waals surface area contributed by atoms with E-state index in [0.717, 1.165) is 25.9 Å². The van der Waals surface area contributed by atoms with Crippen molar-refractivity contribution in [3.63, 3.8) is 0 Å². The number of likely N-dealkylation sites (tertiary alicyclic amines) is 1. The zero-order chi connectivity index (χ0) is 22.7. The summed E-state index contributed by atoms with van der Waals surface area (Å²) in [5, 5.41) is 6.51. The molecular weight excluding hydrogens is 398 g/mol. The molecule has 0 bridgehead atoms. The van der Waals surface area contributed by atoms with Gasteiger partial charge in [0.2, 0.25) is 11.8 Å². The first-order valence-electron chi connectivity index (χ1n) is 11.9. The van der Waals surface area contributed by atoms with E-state index in [1.54, 1.807) is 0 Å². The van der Waals surface area contributed by atoms with Crippen LogP contribution in [0.3, 0.4) is 0 Å². The van der Waals surface area contributed by atoms with Crippen LogP contribution in [0.25, 0.3) is 0 Å². The number of nitrogens with one attached hydrogen (secondary N) is 2. The molecule has 1 spiro atoms. The van der Waals surface area contributed by atoms with E-state index in [1.165, 1.54) is 16.7 Å². The van der Waals surface area contributed by atoms with Gasteiger partial charge in [-0.05, 0) is 43.4 Å². The Morgan fingerprint density at radius 3 is 2.53 bits per heavy atom. The Morgan fingerprint density at radius 2 is 1.81 bits per heavy atom. The Balaban J connectivity index is 1.73. The number of aryl methyl sites for hydroxylation is 1. The lowest BCUT2D eigenvalue weighted by Gasteiger charge is -2.46. The van der Waals surface area contributed by atoms with Gasteiger partial charge in [-0.2, -0.15) is 0 Å². The summed E-state index contributed by atoms with van der Waals surface area (Å²) in [7, 11) is 0. The van der Waals surface area contributed by atoms with Crippen molar-refractivity contribution in [2.45, 2.75) is 58.7 Å². The molecule has 0 radical (unpaired) electrons. The normalized spacial score (nSPS) is 25.0. The Hall–Kier alpha value is -2.66. The Labute approximate surface area is 191 Å². The van der Waals surface area contributed by atoms with Crippen molar-refractivity contribution in [1.29, 1.82) is 0 Å². The van der Waals surface area contributed by atoms with Gasteiger partial charge < -0.3 is 10.6 Å². The van der Waals surface area contributed by atoms with Gasteiger partial charge in [0.1, 0.15) is 0 Å². The summed E-state index contributed by atoms with van der Waals surface area (Å²) in [6, 6.07) is 18.8. The second kappa shape index (κ2) is 9.45. The summed E-state index contributed by atoms with van der Waals surface area (Å²) in [6.07, 6.45) is 2.25. The minimum atomic E-state index is -0.326. The molecule has 2 aromatic rings. The van der Waals surface area contributed by atoms with Gasteiger partial charge in [0, 0.05) is 37.5 Å². The highest BCUT2D eigenvalue weighted by Crippen LogP contribution is 2.53. The van der Waals surface area contributed by atoms with Crippen molar-refractivity contribution in [3.8, 4) is 0 Å². The largest absolute Gasteiger partial charge is 0.354 e. The van der Waals surface area contributed by atoms with Crippen molar-refractivity contribution in [2.75, 3.05) is 13.1 Å². The van der Waals surface area contributed by atoms with E-state index < -0.39 is 0 Å². The van der Waals surface area contributed by atoms with E-state index in [1.807, 2.05) is 32.9 Å². The third-order valence-corrected chi connectivity index (χ3v) is 7.08. The van der Waals surface area contributed by atoms with E-state index >= 15 is 0 Å². The van der Waals surface area contributed by atoms with Crippen LogP contribution in [0.1, 0.15) is 56.3 Å².